The van der Waals surface area contributed by atoms with Gasteiger partial charge >= 0.3 is 0 Å². The van der Waals surface area contributed by atoms with Crippen LogP contribution in [0, 0.1) is 11.7 Å². The SMILES string of the molecule is CCCC1CCC2(CC1)CN=C(N)N2c1ccc(F)cc1. The molecular formula is C17H24FN3. The fourth-order valence-electron chi connectivity index (χ4n) is 3.90. The first-order chi connectivity index (χ1) is 10.1. The molecule has 2 N–H and O–H groups in total. The molecule has 0 saturated heterocycles. The predicted octanol–water partition coefficient (Wildman–Crippen LogP) is 3.69. The second-order valence-electron chi connectivity index (χ2n) is 6.44. The summed E-state index contributed by atoms with van der Waals surface area (Å²) >= 11 is 0. The Morgan fingerprint density at radius 3 is 2.57 bits per heavy atom. The van der Waals surface area contributed by atoms with Gasteiger partial charge in [-0.2, -0.15) is 0 Å². The summed E-state index contributed by atoms with van der Waals surface area (Å²) < 4.78 is 13.2. The lowest BCUT2D eigenvalue weighted by Gasteiger charge is -2.44. The first-order valence-corrected chi connectivity index (χ1v) is 8.00. The minimum Gasteiger partial charge on any atom is -0.369 e. The van der Waals surface area contributed by atoms with E-state index in [-0.39, 0.29) is 11.4 Å². The maximum Gasteiger partial charge on any atom is 0.196 e. The minimum atomic E-state index is -0.214. The van der Waals surface area contributed by atoms with Crippen molar-refractivity contribution in [3.05, 3.63) is 30.1 Å². The third-order valence-electron chi connectivity index (χ3n) is 5.06. The van der Waals surface area contributed by atoms with Crippen molar-refractivity contribution < 1.29 is 4.39 Å². The van der Waals surface area contributed by atoms with E-state index in [1.54, 1.807) is 0 Å². The summed E-state index contributed by atoms with van der Waals surface area (Å²) in [5, 5.41) is 0. The van der Waals surface area contributed by atoms with Gasteiger partial charge in [-0.05, 0) is 55.9 Å². The van der Waals surface area contributed by atoms with Crippen molar-refractivity contribution in [1.29, 1.82) is 0 Å². The average Bonchev–Trinajstić information content (AvgIpc) is 2.80. The second-order valence-corrected chi connectivity index (χ2v) is 6.44. The highest BCUT2D eigenvalue weighted by Crippen LogP contribution is 2.42. The Labute approximate surface area is 126 Å². The van der Waals surface area contributed by atoms with E-state index in [0.29, 0.717) is 5.96 Å². The van der Waals surface area contributed by atoms with Crippen LogP contribution in [0.4, 0.5) is 10.1 Å². The molecule has 1 aromatic carbocycles. The van der Waals surface area contributed by atoms with Gasteiger partial charge < -0.3 is 10.6 Å². The Hall–Kier alpha value is -1.58. The quantitative estimate of drug-likeness (QED) is 0.922. The molecular weight excluding hydrogens is 265 g/mol. The van der Waals surface area contributed by atoms with Crippen LogP contribution in [-0.2, 0) is 0 Å². The van der Waals surface area contributed by atoms with Gasteiger partial charge in [0.2, 0.25) is 0 Å². The number of nitrogens with two attached hydrogens (primary N) is 1. The molecule has 1 heterocycles. The zero-order chi connectivity index (χ0) is 14.9. The lowest BCUT2D eigenvalue weighted by atomic mass is 9.74. The van der Waals surface area contributed by atoms with Crippen LogP contribution < -0.4 is 10.6 Å². The number of guanidine groups is 1. The average molecular weight is 289 g/mol. The molecule has 2 aliphatic rings. The van der Waals surface area contributed by atoms with Gasteiger partial charge in [-0.15, -0.1) is 0 Å². The Kier molecular flexibility index (Phi) is 3.87. The summed E-state index contributed by atoms with van der Waals surface area (Å²) in [5.74, 6) is 1.21. The third-order valence-corrected chi connectivity index (χ3v) is 5.06. The maximum atomic E-state index is 13.2. The smallest absolute Gasteiger partial charge is 0.196 e. The molecule has 21 heavy (non-hydrogen) atoms. The molecule has 0 bridgehead atoms. The highest BCUT2D eigenvalue weighted by Gasteiger charge is 2.45. The Morgan fingerprint density at radius 1 is 1.29 bits per heavy atom. The lowest BCUT2D eigenvalue weighted by Crippen LogP contribution is -2.53. The summed E-state index contributed by atoms with van der Waals surface area (Å²) in [5.41, 5.74) is 7.11. The molecule has 1 saturated carbocycles. The molecule has 1 aromatic rings. The Balaban J connectivity index is 1.81. The van der Waals surface area contributed by atoms with E-state index in [2.05, 4.69) is 16.8 Å². The summed E-state index contributed by atoms with van der Waals surface area (Å²) in [6, 6.07) is 6.61. The van der Waals surface area contributed by atoms with Gasteiger partial charge in [-0.1, -0.05) is 19.8 Å². The van der Waals surface area contributed by atoms with E-state index in [9.17, 15) is 4.39 Å². The number of aliphatic imine (C=N–C) groups is 1. The van der Waals surface area contributed by atoms with E-state index < -0.39 is 0 Å². The largest absolute Gasteiger partial charge is 0.369 e. The molecule has 0 aromatic heterocycles. The molecule has 0 radical (unpaired) electrons. The first-order valence-electron chi connectivity index (χ1n) is 8.00. The van der Waals surface area contributed by atoms with Crippen molar-refractivity contribution in [3.63, 3.8) is 0 Å². The third kappa shape index (κ3) is 2.63. The van der Waals surface area contributed by atoms with Crippen molar-refractivity contribution in [3.8, 4) is 0 Å². The Bertz CT molecular complexity index is 515. The number of hydrogen-bond donors (Lipinski definition) is 1. The molecule has 1 fully saturated rings. The molecule has 1 aliphatic heterocycles. The van der Waals surface area contributed by atoms with Crippen molar-refractivity contribution in [2.75, 3.05) is 11.4 Å². The molecule has 0 amide bonds. The van der Waals surface area contributed by atoms with Crippen molar-refractivity contribution in [2.45, 2.75) is 51.0 Å². The molecule has 1 spiro atoms. The number of hydrogen-bond acceptors (Lipinski definition) is 3. The van der Waals surface area contributed by atoms with Gasteiger partial charge in [0.05, 0.1) is 12.1 Å². The van der Waals surface area contributed by atoms with Crippen LogP contribution in [0.25, 0.3) is 0 Å². The van der Waals surface area contributed by atoms with Gasteiger partial charge in [0, 0.05) is 5.69 Å². The fourth-order valence-corrected chi connectivity index (χ4v) is 3.90. The first kappa shape index (κ1) is 14.4. The molecule has 4 heteroatoms. The number of rotatable bonds is 3. The summed E-state index contributed by atoms with van der Waals surface area (Å²) in [6.07, 6.45) is 7.32. The molecule has 1 aliphatic carbocycles. The van der Waals surface area contributed by atoms with E-state index in [1.807, 2.05) is 12.1 Å². The highest BCUT2D eigenvalue weighted by molar-refractivity contribution is 5.98. The van der Waals surface area contributed by atoms with Gasteiger partial charge in [-0.25, -0.2) is 4.39 Å². The topological polar surface area (TPSA) is 41.6 Å². The zero-order valence-electron chi connectivity index (χ0n) is 12.7. The van der Waals surface area contributed by atoms with Gasteiger partial charge in [0.1, 0.15) is 5.82 Å². The van der Waals surface area contributed by atoms with E-state index in [1.165, 1.54) is 37.8 Å². The van der Waals surface area contributed by atoms with Crippen molar-refractivity contribution in [1.82, 2.24) is 0 Å². The molecule has 0 unspecified atom stereocenters. The van der Waals surface area contributed by atoms with Crippen LogP contribution in [0.1, 0.15) is 45.4 Å². The molecule has 3 rings (SSSR count). The van der Waals surface area contributed by atoms with Gasteiger partial charge in [0.25, 0.3) is 0 Å². The standard InChI is InChI=1S/C17H24FN3/c1-2-3-13-8-10-17(11-9-13)12-20-16(19)21(17)15-6-4-14(18)5-7-15/h4-7,13H,2-3,8-12H2,1H3,(H2,19,20). The summed E-state index contributed by atoms with van der Waals surface area (Å²) in [4.78, 5) is 6.64. The van der Waals surface area contributed by atoms with Crippen LogP contribution in [0.2, 0.25) is 0 Å². The normalized spacial score (nSPS) is 29.0. The van der Waals surface area contributed by atoms with E-state index in [4.69, 9.17) is 5.73 Å². The summed E-state index contributed by atoms with van der Waals surface area (Å²) in [6.45, 7) is 3.03. The molecule has 0 atom stereocenters. The Morgan fingerprint density at radius 2 is 1.95 bits per heavy atom. The van der Waals surface area contributed by atoms with Crippen molar-refractivity contribution in [2.24, 2.45) is 16.6 Å². The monoisotopic (exact) mass is 289 g/mol. The highest BCUT2D eigenvalue weighted by atomic mass is 19.1. The van der Waals surface area contributed by atoms with Gasteiger partial charge in [0.15, 0.2) is 5.96 Å². The van der Waals surface area contributed by atoms with Crippen LogP contribution in [0.15, 0.2) is 29.3 Å². The number of anilines is 1. The summed E-state index contributed by atoms with van der Waals surface area (Å²) in [7, 11) is 0. The number of halogens is 1. The minimum absolute atomic E-state index is 0.0200. The number of benzene rings is 1. The lowest BCUT2D eigenvalue weighted by molar-refractivity contribution is 0.238. The maximum absolute atomic E-state index is 13.2. The van der Waals surface area contributed by atoms with Crippen molar-refractivity contribution >= 4 is 11.6 Å². The second kappa shape index (κ2) is 5.66. The van der Waals surface area contributed by atoms with Crippen LogP contribution in [0.5, 0.6) is 0 Å². The molecule has 3 nitrogen and oxygen atoms in total. The zero-order valence-corrected chi connectivity index (χ0v) is 12.7. The van der Waals surface area contributed by atoms with Crippen LogP contribution in [0.3, 0.4) is 0 Å². The van der Waals surface area contributed by atoms with Crippen LogP contribution in [-0.4, -0.2) is 18.0 Å². The fraction of sp³-hybridized carbons (Fsp3) is 0.588. The van der Waals surface area contributed by atoms with Gasteiger partial charge in [-0.3, -0.25) is 4.99 Å². The van der Waals surface area contributed by atoms with E-state index in [0.717, 1.165) is 31.0 Å². The number of nitrogens with zero attached hydrogens (tertiary/aromatic N) is 2. The molecule has 114 valence electrons. The van der Waals surface area contributed by atoms with Crippen LogP contribution >= 0.6 is 0 Å². The predicted molar refractivity (Wildman–Crippen MR) is 85.0 cm³/mol. The van der Waals surface area contributed by atoms with E-state index >= 15 is 0 Å².